The molecular weight excluding hydrogens is 416 g/mol. The van der Waals surface area contributed by atoms with Crippen LogP contribution >= 0.6 is 11.3 Å². The molecule has 8 heteroatoms. The van der Waals surface area contributed by atoms with Crippen molar-refractivity contribution >= 4 is 23.2 Å². The first kappa shape index (κ1) is 22.3. The van der Waals surface area contributed by atoms with Crippen molar-refractivity contribution in [2.24, 2.45) is 0 Å². The zero-order valence-electron chi connectivity index (χ0n) is 17.7. The van der Waals surface area contributed by atoms with Crippen LogP contribution in [0.25, 0.3) is 10.6 Å². The predicted octanol–water partition coefficient (Wildman–Crippen LogP) is 4.03. The zero-order chi connectivity index (χ0) is 22.2. The van der Waals surface area contributed by atoms with Crippen LogP contribution in [0, 0.1) is 0 Å². The first-order valence-corrected chi connectivity index (χ1v) is 10.6. The van der Waals surface area contributed by atoms with Gasteiger partial charge in [0, 0.05) is 24.0 Å². The minimum atomic E-state index is -0.617. The number of amides is 1. The van der Waals surface area contributed by atoms with E-state index in [0.29, 0.717) is 24.6 Å². The van der Waals surface area contributed by atoms with Crippen molar-refractivity contribution in [2.75, 3.05) is 27.4 Å². The number of methoxy groups -OCH3 is 2. The highest BCUT2D eigenvalue weighted by Gasteiger charge is 2.18. The summed E-state index contributed by atoms with van der Waals surface area (Å²) in [7, 11) is 3.13. The van der Waals surface area contributed by atoms with E-state index in [-0.39, 0.29) is 18.2 Å². The molecule has 0 spiro atoms. The third-order valence-corrected chi connectivity index (χ3v) is 5.51. The fraction of sp³-hybridized carbons (Fsp3) is 0.261. The molecule has 1 amide bonds. The monoisotopic (exact) mass is 440 g/mol. The number of rotatable bonds is 9. The van der Waals surface area contributed by atoms with Gasteiger partial charge < -0.3 is 19.1 Å². The summed E-state index contributed by atoms with van der Waals surface area (Å²) in [5.74, 6) is 0.304. The first-order valence-electron chi connectivity index (χ1n) is 9.72. The molecule has 7 nitrogen and oxygen atoms in total. The van der Waals surface area contributed by atoms with Crippen LogP contribution in [-0.4, -0.2) is 49.1 Å². The Morgan fingerprint density at radius 3 is 2.45 bits per heavy atom. The summed E-state index contributed by atoms with van der Waals surface area (Å²) in [6, 6.07) is 15.1. The molecule has 0 fully saturated rings. The largest absolute Gasteiger partial charge is 0.493 e. The van der Waals surface area contributed by atoms with Gasteiger partial charge in [-0.3, -0.25) is 4.79 Å². The Kier molecular flexibility index (Phi) is 7.61. The lowest BCUT2D eigenvalue weighted by Crippen LogP contribution is -2.34. The van der Waals surface area contributed by atoms with Crippen LogP contribution in [0.4, 0.5) is 0 Å². The van der Waals surface area contributed by atoms with Gasteiger partial charge in [-0.2, -0.15) is 0 Å². The SMILES string of the molecule is CCN(Cc1ccc(OC)c(OC)c1)C(=O)COC(=O)c1csc(-c2ccccc2)n1. The molecule has 0 aliphatic carbocycles. The number of carbonyl (C=O) groups excluding carboxylic acids is 2. The number of nitrogens with zero attached hydrogens (tertiary/aromatic N) is 2. The smallest absolute Gasteiger partial charge is 0.358 e. The summed E-state index contributed by atoms with van der Waals surface area (Å²) in [4.78, 5) is 30.9. The van der Waals surface area contributed by atoms with E-state index in [0.717, 1.165) is 16.1 Å². The molecule has 1 aromatic heterocycles. The fourth-order valence-corrected chi connectivity index (χ4v) is 3.74. The number of ether oxygens (including phenoxy) is 3. The second kappa shape index (κ2) is 10.6. The molecule has 31 heavy (non-hydrogen) atoms. The number of thiazole rings is 1. The van der Waals surface area contributed by atoms with Crippen LogP contribution in [0.2, 0.25) is 0 Å². The van der Waals surface area contributed by atoms with Crippen molar-refractivity contribution in [1.82, 2.24) is 9.88 Å². The maximum atomic E-state index is 12.6. The lowest BCUT2D eigenvalue weighted by molar-refractivity contribution is -0.134. The number of hydrogen-bond acceptors (Lipinski definition) is 7. The Hall–Kier alpha value is -3.39. The molecule has 2 aromatic carbocycles. The summed E-state index contributed by atoms with van der Waals surface area (Å²) in [5, 5.41) is 2.36. The number of benzene rings is 2. The first-order chi connectivity index (χ1) is 15.0. The molecule has 3 aromatic rings. The van der Waals surface area contributed by atoms with Crippen molar-refractivity contribution in [3.8, 4) is 22.1 Å². The number of aromatic nitrogens is 1. The molecule has 0 saturated carbocycles. The molecule has 1 heterocycles. The molecule has 0 aliphatic heterocycles. The molecule has 0 saturated heterocycles. The molecular formula is C23H24N2O5S. The highest BCUT2D eigenvalue weighted by atomic mass is 32.1. The van der Waals surface area contributed by atoms with Crippen LogP contribution in [0.15, 0.2) is 53.9 Å². The van der Waals surface area contributed by atoms with E-state index in [1.807, 2.05) is 49.4 Å². The third kappa shape index (κ3) is 5.61. The second-order valence-electron chi connectivity index (χ2n) is 6.58. The molecule has 0 atom stereocenters. The molecule has 0 aliphatic rings. The fourth-order valence-electron chi connectivity index (χ4n) is 2.95. The summed E-state index contributed by atoms with van der Waals surface area (Å²) in [6.45, 7) is 2.35. The van der Waals surface area contributed by atoms with Crippen molar-refractivity contribution in [2.45, 2.75) is 13.5 Å². The van der Waals surface area contributed by atoms with Crippen molar-refractivity contribution in [3.05, 3.63) is 65.2 Å². The van der Waals surface area contributed by atoms with Gasteiger partial charge in [-0.15, -0.1) is 11.3 Å². The Bertz CT molecular complexity index is 1040. The third-order valence-electron chi connectivity index (χ3n) is 4.62. The zero-order valence-corrected chi connectivity index (χ0v) is 18.5. The Labute approximate surface area is 185 Å². The summed E-state index contributed by atoms with van der Waals surface area (Å²) in [6.07, 6.45) is 0. The van der Waals surface area contributed by atoms with Gasteiger partial charge in [-0.05, 0) is 24.6 Å². The van der Waals surface area contributed by atoms with Gasteiger partial charge in [0.15, 0.2) is 23.8 Å². The van der Waals surface area contributed by atoms with Crippen molar-refractivity contribution in [1.29, 1.82) is 0 Å². The predicted molar refractivity (Wildman–Crippen MR) is 118 cm³/mol. The van der Waals surface area contributed by atoms with E-state index in [1.54, 1.807) is 30.6 Å². The van der Waals surface area contributed by atoms with Crippen LogP contribution in [0.1, 0.15) is 23.0 Å². The second-order valence-corrected chi connectivity index (χ2v) is 7.44. The lowest BCUT2D eigenvalue weighted by atomic mass is 10.2. The summed E-state index contributed by atoms with van der Waals surface area (Å²) < 4.78 is 15.8. The minimum absolute atomic E-state index is 0.194. The molecule has 3 rings (SSSR count). The Balaban J connectivity index is 1.59. The van der Waals surface area contributed by atoms with Crippen LogP contribution in [0.3, 0.4) is 0 Å². The maximum Gasteiger partial charge on any atom is 0.358 e. The number of likely N-dealkylation sites (N-methyl/N-ethyl adjacent to an activating group) is 1. The normalized spacial score (nSPS) is 10.4. The average Bonchev–Trinajstić information content (AvgIpc) is 3.31. The van der Waals surface area contributed by atoms with E-state index >= 15 is 0 Å². The van der Waals surface area contributed by atoms with Crippen molar-refractivity contribution in [3.63, 3.8) is 0 Å². The van der Waals surface area contributed by atoms with Gasteiger partial charge in [0.2, 0.25) is 0 Å². The molecule has 0 bridgehead atoms. The quantitative estimate of drug-likeness (QED) is 0.468. The molecule has 0 unspecified atom stereocenters. The van der Waals surface area contributed by atoms with E-state index < -0.39 is 5.97 Å². The highest BCUT2D eigenvalue weighted by Crippen LogP contribution is 2.28. The summed E-state index contributed by atoms with van der Waals surface area (Å²) >= 11 is 1.35. The van der Waals surface area contributed by atoms with Gasteiger partial charge in [0.05, 0.1) is 14.2 Å². The highest BCUT2D eigenvalue weighted by molar-refractivity contribution is 7.13. The number of carbonyl (C=O) groups is 2. The van der Waals surface area contributed by atoms with E-state index in [1.165, 1.54) is 11.3 Å². The Morgan fingerprint density at radius 1 is 1.03 bits per heavy atom. The van der Waals surface area contributed by atoms with Gasteiger partial charge in [-0.25, -0.2) is 9.78 Å². The lowest BCUT2D eigenvalue weighted by Gasteiger charge is -2.21. The maximum absolute atomic E-state index is 12.6. The van der Waals surface area contributed by atoms with Gasteiger partial charge >= 0.3 is 5.97 Å². The van der Waals surface area contributed by atoms with Gasteiger partial charge in [0.1, 0.15) is 5.01 Å². The van der Waals surface area contributed by atoms with Crippen LogP contribution < -0.4 is 9.47 Å². The van der Waals surface area contributed by atoms with Crippen LogP contribution in [0.5, 0.6) is 11.5 Å². The number of esters is 1. The number of hydrogen-bond donors (Lipinski definition) is 0. The topological polar surface area (TPSA) is 78.0 Å². The van der Waals surface area contributed by atoms with E-state index in [2.05, 4.69) is 4.98 Å². The average molecular weight is 441 g/mol. The summed E-state index contributed by atoms with van der Waals surface area (Å²) in [5.41, 5.74) is 2.00. The van der Waals surface area contributed by atoms with E-state index in [4.69, 9.17) is 14.2 Å². The molecule has 0 radical (unpaired) electrons. The van der Waals surface area contributed by atoms with E-state index in [9.17, 15) is 9.59 Å². The molecule has 0 N–H and O–H groups in total. The van der Waals surface area contributed by atoms with Crippen LogP contribution in [-0.2, 0) is 16.1 Å². The standard InChI is InChI=1S/C23H24N2O5S/c1-4-25(13-16-10-11-19(28-2)20(12-16)29-3)21(26)14-30-23(27)18-15-31-22(24-18)17-8-6-5-7-9-17/h5-12,15H,4,13-14H2,1-3H3. The van der Waals surface area contributed by atoms with Crippen molar-refractivity contribution < 1.29 is 23.8 Å². The van der Waals surface area contributed by atoms with Gasteiger partial charge in [0.25, 0.3) is 5.91 Å². The van der Waals surface area contributed by atoms with Gasteiger partial charge in [-0.1, -0.05) is 36.4 Å². The minimum Gasteiger partial charge on any atom is -0.493 e. The Morgan fingerprint density at radius 2 is 1.77 bits per heavy atom. The molecule has 162 valence electrons.